The van der Waals surface area contributed by atoms with Gasteiger partial charge in [0.2, 0.25) is 0 Å². The number of nitrogens with one attached hydrogen (secondary N) is 1. The number of aryl methyl sites for hydroxylation is 1. The van der Waals surface area contributed by atoms with Crippen LogP contribution in [0, 0.1) is 0 Å². The highest BCUT2D eigenvalue weighted by atomic mass is 79.9. The van der Waals surface area contributed by atoms with Gasteiger partial charge in [0, 0.05) is 23.6 Å². The van der Waals surface area contributed by atoms with E-state index in [1.165, 1.54) is 41.5 Å². The fourth-order valence-electron chi connectivity index (χ4n) is 2.85. The average molecular weight is 316 g/mol. The molecule has 1 saturated heterocycles. The van der Waals surface area contributed by atoms with Crippen LogP contribution in [0.5, 0.6) is 0 Å². The number of fused-ring (bicyclic) bond motifs is 1. The molecule has 1 aliphatic heterocycles. The van der Waals surface area contributed by atoms with Crippen LogP contribution in [0.1, 0.15) is 42.2 Å². The van der Waals surface area contributed by atoms with Gasteiger partial charge >= 0.3 is 0 Å². The predicted octanol–water partition coefficient (Wildman–Crippen LogP) is 3.66. The van der Waals surface area contributed by atoms with Crippen LogP contribution < -0.4 is 5.32 Å². The van der Waals surface area contributed by atoms with Crippen LogP contribution in [0.3, 0.4) is 0 Å². The van der Waals surface area contributed by atoms with E-state index < -0.39 is 0 Å². The third-order valence-electron chi connectivity index (χ3n) is 3.68. The van der Waals surface area contributed by atoms with Gasteiger partial charge in [-0.1, -0.05) is 0 Å². The maximum Gasteiger partial charge on any atom is 0.0704 e. The van der Waals surface area contributed by atoms with Gasteiger partial charge in [0.1, 0.15) is 0 Å². The van der Waals surface area contributed by atoms with E-state index in [0.717, 1.165) is 13.2 Å². The lowest BCUT2D eigenvalue weighted by Gasteiger charge is -2.30. The van der Waals surface area contributed by atoms with E-state index in [0.29, 0.717) is 12.1 Å². The van der Waals surface area contributed by atoms with Gasteiger partial charge in [-0.15, -0.1) is 11.3 Å². The summed E-state index contributed by atoms with van der Waals surface area (Å²) in [7, 11) is 0. The normalized spacial score (nSPS) is 29.0. The van der Waals surface area contributed by atoms with Crippen LogP contribution >= 0.6 is 27.3 Å². The van der Waals surface area contributed by atoms with Crippen LogP contribution in [0.15, 0.2) is 9.85 Å². The van der Waals surface area contributed by atoms with Gasteiger partial charge in [-0.3, -0.25) is 0 Å². The maximum atomic E-state index is 5.55. The minimum atomic E-state index is 0.549. The summed E-state index contributed by atoms with van der Waals surface area (Å²) in [6, 6.07) is 3.41. The quantitative estimate of drug-likeness (QED) is 0.899. The van der Waals surface area contributed by atoms with Gasteiger partial charge in [0.05, 0.1) is 10.4 Å². The van der Waals surface area contributed by atoms with Crippen LogP contribution in [0.25, 0.3) is 0 Å². The van der Waals surface area contributed by atoms with Crippen molar-refractivity contribution in [3.8, 4) is 0 Å². The molecule has 0 aromatic carbocycles. The SMILES string of the molecule is Brc1cc2c(s1)CCCC2NC1CCCOC1. The molecule has 2 nitrogen and oxygen atoms in total. The Morgan fingerprint density at radius 2 is 2.29 bits per heavy atom. The summed E-state index contributed by atoms with van der Waals surface area (Å²) < 4.78 is 6.82. The summed E-state index contributed by atoms with van der Waals surface area (Å²) in [5, 5.41) is 3.79. The zero-order valence-electron chi connectivity index (χ0n) is 9.88. The predicted molar refractivity (Wildman–Crippen MR) is 74.7 cm³/mol. The molecule has 0 bridgehead atoms. The molecule has 2 heterocycles. The molecule has 1 N–H and O–H groups in total. The fourth-order valence-corrected chi connectivity index (χ4v) is 4.67. The standard InChI is InChI=1S/C13H18BrNOS/c14-13-7-10-11(4-1-5-12(10)17-13)15-9-3-2-6-16-8-9/h7,9,11,15H,1-6,8H2. The van der Waals surface area contributed by atoms with Gasteiger partial charge in [-0.2, -0.15) is 0 Å². The molecule has 3 rings (SSSR count). The Kier molecular flexibility index (Phi) is 3.85. The minimum Gasteiger partial charge on any atom is -0.380 e. The molecule has 0 radical (unpaired) electrons. The fraction of sp³-hybridized carbons (Fsp3) is 0.692. The summed E-state index contributed by atoms with van der Waals surface area (Å²) >= 11 is 5.51. The molecule has 1 aromatic heterocycles. The summed E-state index contributed by atoms with van der Waals surface area (Å²) in [6.45, 7) is 1.83. The molecule has 1 fully saturated rings. The lowest BCUT2D eigenvalue weighted by molar-refractivity contribution is 0.0654. The van der Waals surface area contributed by atoms with Crippen LogP contribution in [0.2, 0.25) is 0 Å². The summed E-state index contributed by atoms with van der Waals surface area (Å²) in [4.78, 5) is 1.57. The van der Waals surface area contributed by atoms with Crippen LogP contribution in [-0.4, -0.2) is 19.3 Å². The van der Waals surface area contributed by atoms with Crippen molar-refractivity contribution in [2.45, 2.75) is 44.2 Å². The Morgan fingerprint density at radius 1 is 1.35 bits per heavy atom. The number of hydrogen-bond donors (Lipinski definition) is 1. The number of rotatable bonds is 2. The largest absolute Gasteiger partial charge is 0.380 e. The van der Waals surface area contributed by atoms with Gasteiger partial charge in [0.15, 0.2) is 0 Å². The van der Waals surface area contributed by atoms with E-state index in [2.05, 4.69) is 27.3 Å². The summed E-state index contributed by atoms with van der Waals surface area (Å²) in [5.74, 6) is 0. The van der Waals surface area contributed by atoms with E-state index in [-0.39, 0.29) is 0 Å². The Hall–Kier alpha value is 0.1000. The highest BCUT2D eigenvalue weighted by Crippen LogP contribution is 2.38. The van der Waals surface area contributed by atoms with Crippen molar-refractivity contribution in [2.24, 2.45) is 0 Å². The minimum absolute atomic E-state index is 0.549. The van der Waals surface area contributed by atoms with Crippen molar-refractivity contribution in [1.82, 2.24) is 5.32 Å². The van der Waals surface area contributed by atoms with E-state index >= 15 is 0 Å². The van der Waals surface area contributed by atoms with Crippen molar-refractivity contribution in [1.29, 1.82) is 0 Å². The van der Waals surface area contributed by atoms with Crippen molar-refractivity contribution >= 4 is 27.3 Å². The zero-order chi connectivity index (χ0) is 11.7. The van der Waals surface area contributed by atoms with E-state index in [1.807, 2.05) is 11.3 Å². The number of thiophene rings is 1. The monoisotopic (exact) mass is 315 g/mol. The molecule has 17 heavy (non-hydrogen) atoms. The summed E-state index contributed by atoms with van der Waals surface area (Å²) in [5.41, 5.74) is 1.53. The molecule has 1 aromatic rings. The smallest absolute Gasteiger partial charge is 0.0704 e. The first-order valence-electron chi connectivity index (χ1n) is 6.45. The lowest BCUT2D eigenvalue weighted by Crippen LogP contribution is -2.39. The third-order valence-corrected chi connectivity index (χ3v) is 5.39. The lowest BCUT2D eigenvalue weighted by atomic mass is 9.93. The number of ether oxygens (including phenoxy) is 1. The Balaban J connectivity index is 1.71. The first-order valence-corrected chi connectivity index (χ1v) is 8.06. The Morgan fingerprint density at radius 3 is 3.12 bits per heavy atom. The van der Waals surface area contributed by atoms with E-state index in [9.17, 15) is 0 Å². The Labute approximate surface area is 115 Å². The zero-order valence-corrected chi connectivity index (χ0v) is 12.3. The molecule has 4 heteroatoms. The van der Waals surface area contributed by atoms with Crippen molar-refractivity contribution < 1.29 is 4.74 Å². The second-order valence-corrected chi connectivity index (χ2v) is 7.47. The van der Waals surface area contributed by atoms with Crippen molar-refractivity contribution in [3.05, 3.63) is 20.3 Å². The van der Waals surface area contributed by atoms with Gasteiger partial charge in [-0.25, -0.2) is 0 Å². The molecule has 0 spiro atoms. The molecule has 2 unspecified atom stereocenters. The van der Waals surface area contributed by atoms with Gasteiger partial charge in [-0.05, 0) is 59.7 Å². The molecule has 2 aliphatic rings. The molecule has 2 atom stereocenters. The molecule has 0 saturated carbocycles. The van der Waals surface area contributed by atoms with Crippen molar-refractivity contribution in [2.75, 3.05) is 13.2 Å². The summed E-state index contributed by atoms with van der Waals surface area (Å²) in [6.07, 6.45) is 6.30. The number of hydrogen-bond acceptors (Lipinski definition) is 3. The molecule has 0 amide bonds. The highest BCUT2D eigenvalue weighted by Gasteiger charge is 2.25. The first-order chi connectivity index (χ1) is 8.33. The van der Waals surface area contributed by atoms with Gasteiger partial charge in [0.25, 0.3) is 0 Å². The van der Waals surface area contributed by atoms with Crippen molar-refractivity contribution in [3.63, 3.8) is 0 Å². The highest BCUT2D eigenvalue weighted by molar-refractivity contribution is 9.11. The van der Waals surface area contributed by atoms with Crippen LogP contribution in [-0.2, 0) is 11.2 Å². The molecular formula is C13H18BrNOS. The van der Waals surface area contributed by atoms with Gasteiger partial charge < -0.3 is 10.1 Å². The van der Waals surface area contributed by atoms with Crippen LogP contribution in [0.4, 0.5) is 0 Å². The molecule has 1 aliphatic carbocycles. The third kappa shape index (κ3) is 2.75. The average Bonchev–Trinajstić information content (AvgIpc) is 2.72. The molecular weight excluding hydrogens is 298 g/mol. The van der Waals surface area contributed by atoms with E-state index in [4.69, 9.17) is 4.74 Å². The molecule has 94 valence electrons. The second kappa shape index (κ2) is 5.39. The first kappa shape index (κ1) is 12.2. The van der Waals surface area contributed by atoms with E-state index in [1.54, 1.807) is 4.88 Å². The number of halogens is 1. The maximum absolute atomic E-state index is 5.55. The topological polar surface area (TPSA) is 21.3 Å². The second-order valence-electron chi connectivity index (χ2n) is 4.95. The Bertz CT molecular complexity index is 387.